The number of alkyl halides is 3. The van der Waals surface area contributed by atoms with E-state index >= 15 is 0 Å². The summed E-state index contributed by atoms with van der Waals surface area (Å²) in [6.45, 7) is 0. The molecule has 0 N–H and O–H groups in total. The molecule has 0 saturated carbocycles. The van der Waals surface area contributed by atoms with Crippen LogP contribution in [0.2, 0.25) is 0 Å². The Balaban J connectivity index is 2.63. The van der Waals surface area contributed by atoms with Gasteiger partial charge in [-0.15, -0.1) is 0 Å². The van der Waals surface area contributed by atoms with E-state index in [1.807, 2.05) is 12.2 Å². The smallest absolute Gasteiger partial charge is 0.142 e. The van der Waals surface area contributed by atoms with Crippen LogP contribution in [-0.2, 0) is 0 Å². The molecule has 3 heteroatoms. The van der Waals surface area contributed by atoms with Gasteiger partial charge in [0, 0.05) is 17.1 Å². The quantitative estimate of drug-likeness (QED) is 0.682. The number of allylic oxidation sites excluding steroid dienone is 4. The highest BCUT2D eigenvalue weighted by atomic mass is 79.9. The molecular weight excluding hydrogens is 275 g/mol. The Morgan fingerprint density at radius 3 is 2.64 bits per heavy atom. The van der Waals surface area contributed by atoms with Gasteiger partial charge in [0.25, 0.3) is 0 Å². The fourth-order valence-electron chi connectivity index (χ4n) is 0.891. The minimum Gasteiger partial charge on any atom is -0.238 e. The summed E-state index contributed by atoms with van der Waals surface area (Å²) in [6, 6.07) is 0. The third kappa shape index (κ3) is 2.41. The maximum absolute atomic E-state index is 13.4. The van der Waals surface area contributed by atoms with Crippen molar-refractivity contribution >= 4 is 31.9 Å². The minimum atomic E-state index is -1.16. The van der Waals surface area contributed by atoms with E-state index in [-0.39, 0.29) is 0 Å². The molecule has 62 valence electrons. The van der Waals surface area contributed by atoms with E-state index in [0.29, 0.717) is 11.8 Å². The lowest BCUT2D eigenvalue weighted by Crippen LogP contribution is -2.22. The van der Waals surface area contributed by atoms with Crippen molar-refractivity contribution < 1.29 is 4.39 Å². The van der Waals surface area contributed by atoms with Gasteiger partial charge in [-0.2, -0.15) is 0 Å². The second kappa shape index (κ2) is 3.85. The predicted molar refractivity (Wildman–Crippen MR) is 53.3 cm³/mol. The lowest BCUT2D eigenvalue weighted by Gasteiger charge is -2.20. The molecule has 0 amide bonds. The molecule has 0 fully saturated rings. The second-order valence-electron chi connectivity index (χ2n) is 2.62. The normalized spacial score (nSPS) is 30.3. The van der Waals surface area contributed by atoms with Crippen LogP contribution in [0.15, 0.2) is 23.8 Å². The van der Waals surface area contributed by atoms with Crippen LogP contribution in [0.3, 0.4) is 0 Å². The molecule has 0 spiro atoms. The molecule has 0 aromatic carbocycles. The Morgan fingerprint density at radius 2 is 2.27 bits per heavy atom. The number of hydrogen-bond acceptors (Lipinski definition) is 0. The fraction of sp³-hybridized carbons (Fsp3) is 0.500. The van der Waals surface area contributed by atoms with Crippen molar-refractivity contribution in [2.75, 3.05) is 10.7 Å². The molecule has 1 unspecified atom stereocenters. The summed E-state index contributed by atoms with van der Waals surface area (Å²) in [4.78, 5) is 0. The minimum absolute atomic E-state index is 0.378. The summed E-state index contributed by atoms with van der Waals surface area (Å²) in [5, 5.41) is 1.18. The van der Waals surface area contributed by atoms with Crippen LogP contribution >= 0.6 is 31.9 Å². The van der Waals surface area contributed by atoms with Gasteiger partial charge in [0.2, 0.25) is 0 Å². The van der Waals surface area contributed by atoms with E-state index in [2.05, 4.69) is 31.9 Å². The first-order valence-electron chi connectivity index (χ1n) is 3.39. The standard InChI is InChI=1S/C8H9Br2F/c9-5-7-1-3-8(11,6-10)4-2-7/h1-3H,4-6H2. The zero-order valence-electron chi connectivity index (χ0n) is 5.99. The van der Waals surface area contributed by atoms with Crippen LogP contribution in [0.25, 0.3) is 0 Å². The molecule has 0 nitrogen and oxygen atoms in total. The Labute approximate surface area is 82.8 Å². The van der Waals surface area contributed by atoms with Gasteiger partial charge in [-0.25, -0.2) is 4.39 Å². The largest absolute Gasteiger partial charge is 0.238 e. The molecular formula is C8H9Br2F. The van der Waals surface area contributed by atoms with Crippen LogP contribution < -0.4 is 0 Å². The van der Waals surface area contributed by atoms with Crippen LogP contribution in [0.5, 0.6) is 0 Å². The molecule has 0 aromatic heterocycles. The van der Waals surface area contributed by atoms with Gasteiger partial charge in [0.15, 0.2) is 0 Å². The highest BCUT2D eigenvalue weighted by Crippen LogP contribution is 2.27. The molecule has 1 atom stereocenters. The molecule has 0 heterocycles. The first kappa shape index (κ1) is 9.46. The van der Waals surface area contributed by atoms with E-state index in [1.54, 1.807) is 6.08 Å². The number of hydrogen-bond donors (Lipinski definition) is 0. The molecule has 1 aliphatic carbocycles. The van der Waals surface area contributed by atoms with Gasteiger partial charge in [0.05, 0.1) is 0 Å². The molecule has 1 aliphatic rings. The third-order valence-electron chi connectivity index (χ3n) is 1.68. The second-order valence-corrected chi connectivity index (χ2v) is 3.74. The van der Waals surface area contributed by atoms with Gasteiger partial charge in [-0.1, -0.05) is 44.0 Å². The van der Waals surface area contributed by atoms with Crippen molar-refractivity contribution in [3.8, 4) is 0 Å². The lowest BCUT2D eigenvalue weighted by molar-refractivity contribution is 0.267. The summed E-state index contributed by atoms with van der Waals surface area (Å²) in [6.07, 6.45) is 5.86. The molecule has 0 bridgehead atoms. The molecule has 0 aliphatic heterocycles. The Bertz CT molecular complexity index is 198. The van der Waals surface area contributed by atoms with E-state index in [0.717, 1.165) is 10.9 Å². The van der Waals surface area contributed by atoms with E-state index < -0.39 is 5.67 Å². The van der Waals surface area contributed by atoms with Gasteiger partial charge in [-0.3, -0.25) is 0 Å². The monoisotopic (exact) mass is 282 g/mol. The summed E-state index contributed by atoms with van der Waals surface area (Å²) in [5.74, 6) is 0. The first-order chi connectivity index (χ1) is 5.20. The molecule has 0 radical (unpaired) electrons. The first-order valence-corrected chi connectivity index (χ1v) is 5.63. The van der Waals surface area contributed by atoms with Crippen LogP contribution in [0.4, 0.5) is 4.39 Å². The molecule has 1 rings (SSSR count). The maximum Gasteiger partial charge on any atom is 0.142 e. The van der Waals surface area contributed by atoms with Crippen LogP contribution in [-0.4, -0.2) is 16.3 Å². The van der Waals surface area contributed by atoms with E-state index in [1.165, 1.54) is 0 Å². The zero-order chi connectivity index (χ0) is 8.32. The van der Waals surface area contributed by atoms with Gasteiger partial charge in [-0.05, 0) is 11.6 Å². The van der Waals surface area contributed by atoms with Gasteiger partial charge >= 0.3 is 0 Å². The number of halogens is 3. The van der Waals surface area contributed by atoms with Crippen molar-refractivity contribution in [3.63, 3.8) is 0 Å². The summed E-state index contributed by atoms with van der Waals surface area (Å²) < 4.78 is 13.4. The van der Waals surface area contributed by atoms with Crippen molar-refractivity contribution in [1.29, 1.82) is 0 Å². The average Bonchev–Trinajstić information content (AvgIpc) is 2.06. The highest BCUT2D eigenvalue weighted by molar-refractivity contribution is 9.09. The highest BCUT2D eigenvalue weighted by Gasteiger charge is 2.25. The third-order valence-corrected chi connectivity index (χ3v) is 3.26. The van der Waals surface area contributed by atoms with Crippen LogP contribution in [0.1, 0.15) is 6.42 Å². The Hall–Kier alpha value is 0.370. The van der Waals surface area contributed by atoms with Crippen molar-refractivity contribution in [2.24, 2.45) is 0 Å². The molecule has 0 saturated heterocycles. The summed E-state index contributed by atoms with van der Waals surface area (Å²) >= 11 is 6.46. The molecule has 11 heavy (non-hydrogen) atoms. The zero-order valence-corrected chi connectivity index (χ0v) is 9.16. The van der Waals surface area contributed by atoms with Crippen LogP contribution in [0, 0.1) is 0 Å². The number of rotatable bonds is 2. The average molecular weight is 284 g/mol. The van der Waals surface area contributed by atoms with Crippen molar-refractivity contribution in [1.82, 2.24) is 0 Å². The lowest BCUT2D eigenvalue weighted by atomic mass is 9.96. The predicted octanol–water partition coefficient (Wildman–Crippen LogP) is 3.37. The van der Waals surface area contributed by atoms with Gasteiger partial charge in [0.1, 0.15) is 5.67 Å². The summed E-state index contributed by atoms with van der Waals surface area (Å²) in [7, 11) is 0. The Morgan fingerprint density at radius 1 is 1.55 bits per heavy atom. The van der Waals surface area contributed by atoms with E-state index in [4.69, 9.17) is 0 Å². The Kier molecular flexibility index (Phi) is 3.31. The van der Waals surface area contributed by atoms with Gasteiger partial charge < -0.3 is 0 Å². The SMILES string of the molecule is FC1(CBr)C=CC(CBr)=CC1. The van der Waals surface area contributed by atoms with E-state index in [9.17, 15) is 4.39 Å². The summed E-state index contributed by atoms with van der Waals surface area (Å²) in [5.41, 5.74) is -0.00898. The van der Waals surface area contributed by atoms with Crippen molar-refractivity contribution in [2.45, 2.75) is 12.1 Å². The topological polar surface area (TPSA) is 0 Å². The maximum atomic E-state index is 13.4. The van der Waals surface area contributed by atoms with Crippen molar-refractivity contribution in [3.05, 3.63) is 23.8 Å². The fourth-order valence-corrected chi connectivity index (χ4v) is 1.72. The molecule has 0 aromatic rings.